The first-order valence-electron chi connectivity index (χ1n) is 20.1. The second-order valence-electron chi connectivity index (χ2n) is 15.5. The van der Waals surface area contributed by atoms with Gasteiger partial charge >= 0.3 is 12.1 Å². The van der Waals surface area contributed by atoms with Gasteiger partial charge in [0, 0.05) is 53.2 Å². The fraction of sp³-hybridized carbons (Fsp3) is 0.229. The van der Waals surface area contributed by atoms with E-state index in [1.807, 2.05) is 30.5 Å². The van der Waals surface area contributed by atoms with E-state index in [-0.39, 0.29) is 16.9 Å². The Morgan fingerprint density at radius 2 is 1.49 bits per heavy atom. The number of hydrogen-bond donors (Lipinski definition) is 1. The summed E-state index contributed by atoms with van der Waals surface area (Å²) in [7, 11) is 0. The maximum atomic E-state index is 13.2. The van der Waals surface area contributed by atoms with Crippen LogP contribution in [0, 0.1) is 24.8 Å². The minimum Gasteiger partial charge on any atom is -0.394 e. The maximum Gasteiger partial charge on any atom is 0.393 e. The predicted molar refractivity (Wildman–Crippen MR) is 233 cm³/mol. The van der Waals surface area contributed by atoms with Crippen LogP contribution in [0.25, 0.3) is 26.0 Å². The lowest BCUT2D eigenvalue weighted by atomic mass is 9.77. The number of nitriles is 1. The molecule has 1 fully saturated rings. The van der Waals surface area contributed by atoms with Crippen molar-refractivity contribution < 1.29 is 13.2 Å². The molecule has 0 atom stereocenters. The maximum absolute atomic E-state index is 13.2. The van der Waals surface area contributed by atoms with E-state index >= 15 is 0 Å². The van der Waals surface area contributed by atoms with Crippen molar-refractivity contribution in [3.63, 3.8) is 0 Å². The normalized spacial score (nSPS) is 14.0. The number of aryl methyl sites for hydroxylation is 1. The number of fused-ring (bicyclic) bond motifs is 2. The van der Waals surface area contributed by atoms with Gasteiger partial charge in [-0.05, 0) is 65.8 Å². The van der Waals surface area contributed by atoms with E-state index in [0.717, 1.165) is 82.5 Å². The van der Waals surface area contributed by atoms with E-state index in [1.54, 1.807) is 0 Å². The van der Waals surface area contributed by atoms with Gasteiger partial charge in [-0.15, -0.1) is 27.9 Å². The molecular weight excluding hydrogens is 792 g/mol. The highest BCUT2D eigenvalue weighted by molar-refractivity contribution is 7.18. The Labute approximate surface area is 355 Å². The minimum absolute atomic E-state index is 0.0392. The van der Waals surface area contributed by atoms with E-state index in [9.17, 15) is 18.4 Å². The third-order valence-corrected chi connectivity index (χ3v) is 12.7. The van der Waals surface area contributed by atoms with Gasteiger partial charge in [0.05, 0.1) is 24.5 Å². The number of aromatic nitrogens is 5. The summed E-state index contributed by atoms with van der Waals surface area (Å²) in [5, 5.41) is 20.4. The molecule has 5 heterocycles. The van der Waals surface area contributed by atoms with Crippen molar-refractivity contribution in [2.45, 2.75) is 57.0 Å². The molecule has 0 amide bonds. The summed E-state index contributed by atoms with van der Waals surface area (Å²) in [6.07, 6.45) is 0.210. The topological polar surface area (TPSA) is 92.0 Å². The van der Waals surface area contributed by atoms with Gasteiger partial charge in [-0.1, -0.05) is 97.1 Å². The zero-order chi connectivity index (χ0) is 42.1. The van der Waals surface area contributed by atoms with Crippen molar-refractivity contribution in [2.24, 2.45) is 0 Å². The average molecular weight is 832 g/mol. The average Bonchev–Trinajstić information content (AvgIpc) is 4.01. The molecule has 9 rings (SSSR count). The molecule has 8 aromatic rings. The highest BCUT2D eigenvalue weighted by Gasteiger charge is 2.39. The van der Waals surface area contributed by atoms with Gasteiger partial charge in [-0.3, -0.25) is 9.58 Å². The number of anilines is 1. The van der Waals surface area contributed by atoms with Crippen LogP contribution in [-0.2, 0) is 25.0 Å². The first-order chi connectivity index (χ1) is 29.6. The SMILES string of the molecule is [C-]#[N+]c1nc(NC2CCN(Cc3ccc4c(cc(C#N)n4Cc4cnn(C(c5ccccc5)(c5ccccc5)c5ccccc5)c4)c3C)CC2)c2cc(CC(F)(F)F)sc2n1. The molecular formula is C48H40F3N9S. The molecule has 0 bridgehead atoms. The Bertz CT molecular complexity index is 2820. The van der Waals surface area contributed by atoms with E-state index in [4.69, 9.17) is 11.7 Å². The number of nitrogens with one attached hydrogen (secondary N) is 1. The number of nitrogens with zero attached hydrogens (tertiary/aromatic N) is 8. The Kier molecular flexibility index (Phi) is 10.6. The lowest BCUT2D eigenvalue weighted by Crippen LogP contribution is -2.39. The number of benzene rings is 4. The predicted octanol–water partition coefficient (Wildman–Crippen LogP) is 10.6. The lowest BCUT2D eigenvalue weighted by molar-refractivity contribution is -0.126. The van der Waals surface area contributed by atoms with Crippen molar-refractivity contribution in [1.82, 2.24) is 29.2 Å². The van der Waals surface area contributed by atoms with Gasteiger partial charge in [-0.25, -0.2) is 0 Å². The first-order valence-corrected chi connectivity index (χ1v) is 20.9. The fourth-order valence-electron chi connectivity index (χ4n) is 8.77. The fourth-order valence-corrected chi connectivity index (χ4v) is 9.83. The molecule has 0 unspecified atom stereocenters. The third kappa shape index (κ3) is 7.74. The molecule has 4 aromatic carbocycles. The molecule has 0 saturated carbocycles. The van der Waals surface area contributed by atoms with Crippen LogP contribution in [0.5, 0.6) is 0 Å². The van der Waals surface area contributed by atoms with Gasteiger partial charge in [0.15, 0.2) is 10.6 Å². The number of thiophene rings is 1. The summed E-state index contributed by atoms with van der Waals surface area (Å²) in [4.78, 5) is 14.8. The number of halogens is 3. The number of rotatable bonds is 11. The molecule has 0 aliphatic carbocycles. The molecule has 1 aliphatic heterocycles. The second-order valence-corrected chi connectivity index (χ2v) is 16.6. The second kappa shape index (κ2) is 16.3. The first kappa shape index (κ1) is 39.6. The monoisotopic (exact) mass is 831 g/mol. The van der Waals surface area contributed by atoms with Gasteiger partial charge < -0.3 is 14.7 Å². The highest BCUT2D eigenvalue weighted by Crippen LogP contribution is 2.41. The summed E-state index contributed by atoms with van der Waals surface area (Å²) >= 11 is 0.951. The molecule has 0 spiro atoms. The smallest absolute Gasteiger partial charge is 0.393 e. The summed E-state index contributed by atoms with van der Waals surface area (Å²) in [5.74, 6) is 0.326. The molecule has 4 aromatic heterocycles. The van der Waals surface area contributed by atoms with Crippen LogP contribution >= 0.6 is 11.3 Å². The minimum atomic E-state index is -4.34. The summed E-state index contributed by atoms with van der Waals surface area (Å²) < 4.78 is 43.6. The Morgan fingerprint density at radius 1 is 0.852 bits per heavy atom. The number of hydrogen-bond acceptors (Lipinski definition) is 7. The number of alkyl halides is 3. The standard InChI is InChI=1S/C48H40F3N9S/c1-32-34(31-58-22-20-38(21-23-58)55-44-42-25-40(26-47(49,50)51)61-45(42)57-46(53-2)56-44)18-19-43-41(32)24-39(27-52)59(43)29-33-28-54-60(30-33)48(35-12-6-3-7-13-35,36-14-8-4-9-15-36)37-16-10-5-11-17-37/h3-19,24-25,28,30,38H,20-23,26,29,31H2,1H3,(H,55,56,57). The third-order valence-electron chi connectivity index (χ3n) is 11.7. The van der Waals surface area contributed by atoms with Crippen LogP contribution in [0.1, 0.15) is 56.8 Å². The Balaban J connectivity index is 0.942. The van der Waals surface area contributed by atoms with Crippen LogP contribution in [-0.4, -0.2) is 54.5 Å². The van der Waals surface area contributed by atoms with E-state index < -0.39 is 18.1 Å². The van der Waals surface area contributed by atoms with Gasteiger partial charge in [-0.2, -0.15) is 23.5 Å². The van der Waals surface area contributed by atoms with Crippen molar-refractivity contribution in [2.75, 3.05) is 18.4 Å². The zero-order valence-electron chi connectivity index (χ0n) is 33.3. The van der Waals surface area contributed by atoms with Gasteiger partial charge in [0.2, 0.25) is 0 Å². The lowest BCUT2D eigenvalue weighted by Gasteiger charge is -2.36. The quantitative estimate of drug-likeness (QED) is 0.103. The van der Waals surface area contributed by atoms with Crippen LogP contribution < -0.4 is 5.32 Å². The molecule has 1 aliphatic rings. The Morgan fingerprint density at radius 3 is 2.08 bits per heavy atom. The van der Waals surface area contributed by atoms with Crippen molar-refractivity contribution >= 4 is 44.2 Å². The van der Waals surface area contributed by atoms with Crippen LogP contribution in [0.3, 0.4) is 0 Å². The summed E-state index contributed by atoms with van der Waals surface area (Å²) in [6.45, 7) is 12.3. The van der Waals surface area contributed by atoms with Gasteiger partial charge in [0.25, 0.3) is 0 Å². The highest BCUT2D eigenvalue weighted by atomic mass is 32.1. The molecule has 61 heavy (non-hydrogen) atoms. The summed E-state index contributed by atoms with van der Waals surface area (Å²) in [6, 6.07) is 41.5. The molecule has 0 radical (unpaired) electrons. The molecule has 1 N–H and O–H groups in total. The number of likely N-dealkylation sites (tertiary alicyclic amines) is 1. The largest absolute Gasteiger partial charge is 0.394 e. The zero-order valence-corrected chi connectivity index (χ0v) is 34.1. The van der Waals surface area contributed by atoms with E-state index in [2.05, 4.69) is 138 Å². The van der Waals surface area contributed by atoms with Crippen molar-refractivity contribution in [3.05, 3.63) is 183 Å². The summed E-state index contributed by atoms with van der Waals surface area (Å²) in [5.41, 5.74) is 7.33. The van der Waals surface area contributed by atoms with Crippen molar-refractivity contribution in [1.29, 1.82) is 5.26 Å². The molecule has 304 valence electrons. The Hall–Kier alpha value is -6.80. The van der Waals surface area contributed by atoms with E-state index in [0.29, 0.717) is 28.3 Å². The van der Waals surface area contributed by atoms with Crippen LogP contribution in [0.4, 0.5) is 24.9 Å². The number of piperidine rings is 1. The van der Waals surface area contributed by atoms with E-state index in [1.165, 1.54) is 11.6 Å². The van der Waals surface area contributed by atoms with Crippen molar-refractivity contribution in [3.8, 4) is 6.07 Å². The van der Waals surface area contributed by atoms with Gasteiger partial charge in [0.1, 0.15) is 17.3 Å². The molecule has 1 saturated heterocycles. The van der Waals surface area contributed by atoms with Crippen LogP contribution in [0.2, 0.25) is 0 Å². The van der Waals surface area contributed by atoms with Crippen LogP contribution in [0.15, 0.2) is 128 Å². The molecule has 13 heteroatoms. The molecule has 9 nitrogen and oxygen atoms in total.